The molecule has 2 rings (SSSR count). The van der Waals surface area contributed by atoms with Gasteiger partial charge in [0.1, 0.15) is 5.75 Å². The standard InChI is InChI=1S/C19H18O2/c1-21-19-13-10-16(11-14-19)9-12-18-7-3-2-6-17(18)8-4-5-15-20/h2-7,10-11,13-14,20H,8,15H2,1H3/b5-4+. The molecule has 2 aromatic carbocycles. The van der Waals surface area contributed by atoms with Gasteiger partial charge in [0.05, 0.1) is 13.7 Å². The van der Waals surface area contributed by atoms with Gasteiger partial charge < -0.3 is 9.84 Å². The van der Waals surface area contributed by atoms with E-state index in [9.17, 15) is 0 Å². The molecule has 0 aliphatic rings. The summed E-state index contributed by atoms with van der Waals surface area (Å²) in [5.41, 5.74) is 3.12. The highest BCUT2D eigenvalue weighted by Crippen LogP contribution is 2.12. The Morgan fingerprint density at radius 3 is 2.48 bits per heavy atom. The zero-order valence-electron chi connectivity index (χ0n) is 12.0. The van der Waals surface area contributed by atoms with Crippen LogP contribution < -0.4 is 4.74 Å². The largest absolute Gasteiger partial charge is 0.497 e. The molecule has 0 saturated heterocycles. The topological polar surface area (TPSA) is 29.5 Å². The van der Waals surface area contributed by atoms with Crippen molar-refractivity contribution in [3.8, 4) is 17.6 Å². The number of aliphatic hydroxyl groups is 1. The van der Waals surface area contributed by atoms with Gasteiger partial charge in [-0.1, -0.05) is 42.2 Å². The molecule has 2 heteroatoms. The van der Waals surface area contributed by atoms with Crippen molar-refractivity contribution in [1.82, 2.24) is 0 Å². The predicted molar refractivity (Wildman–Crippen MR) is 85.3 cm³/mol. The number of allylic oxidation sites excluding steroid dienone is 1. The van der Waals surface area contributed by atoms with E-state index < -0.39 is 0 Å². The minimum absolute atomic E-state index is 0.0691. The van der Waals surface area contributed by atoms with Crippen LogP contribution in [0.3, 0.4) is 0 Å². The van der Waals surface area contributed by atoms with Crippen LogP contribution >= 0.6 is 0 Å². The van der Waals surface area contributed by atoms with Crippen LogP contribution in [0.1, 0.15) is 16.7 Å². The molecule has 0 heterocycles. The van der Waals surface area contributed by atoms with Crippen LogP contribution in [0.5, 0.6) is 5.75 Å². The van der Waals surface area contributed by atoms with Gasteiger partial charge in [0.2, 0.25) is 0 Å². The third-order valence-electron chi connectivity index (χ3n) is 3.06. The first-order chi connectivity index (χ1) is 10.3. The number of hydrogen-bond acceptors (Lipinski definition) is 2. The van der Waals surface area contributed by atoms with E-state index in [1.54, 1.807) is 13.2 Å². The van der Waals surface area contributed by atoms with Crippen LogP contribution in [0.15, 0.2) is 60.7 Å². The highest BCUT2D eigenvalue weighted by Gasteiger charge is 1.96. The Morgan fingerprint density at radius 2 is 1.76 bits per heavy atom. The molecule has 2 aromatic rings. The summed E-state index contributed by atoms with van der Waals surface area (Å²) in [5, 5.41) is 8.78. The summed E-state index contributed by atoms with van der Waals surface area (Å²) in [7, 11) is 1.65. The zero-order chi connectivity index (χ0) is 14.9. The number of hydrogen-bond donors (Lipinski definition) is 1. The van der Waals surface area contributed by atoms with Gasteiger partial charge in [-0.15, -0.1) is 0 Å². The van der Waals surface area contributed by atoms with E-state index in [0.717, 1.165) is 28.9 Å². The van der Waals surface area contributed by atoms with Gasteiger partial charge in [-0.25, -0.2) is 0 Å². The molecule has 0 aliphatic heterocycles. The third-order valence-corrected chi connectivity index (χ3v) is 3.06. The highest BCUT2D eigenvalue weighted by atomic mass is 16.5. The molecular formula is C19H18O2. The highest BCUT2D eigenvalue weighted by molar-refractivity contribution is 5.47. The van der Waals surface area contributed by atoms with E-state index in [2.05, 4.69) is 17.9 Å². The molecule has 0 aromatic heterocycles. The second-order valence-corrected chi connectivity index (χ2v) is 4.49. The normalized spacial score (nSPS) is 10.2. The summed E-state index contributed by atoms with van der Waals surface area (Å²) in [6.07, 6.45) is 4.47. The number of aliphatic hydroxyl groups excluding tert-OH is 1. The summed E-state index contributed by atoms with van der Waals surface area (Å²) in [6.45, 7) is 0.0691. The molecule has 0 fully saturated rings. The van der Waals surface area contributed by atoms with E-state index in [1.165, 1.54) is 0 Å². The number of ether oxygens (including phenoxy) is 1. The lowest BCUT2D eigenvalue weighted by molar-refractivity contribution is 0.342. The van der Waals surface area contributed by atoms with Gasteiger partial charge in [-0.05, 0) is 42.3 Å². The van der Waals surface area contributed by atoms with E-state index >= 15 is 0 Å². The van der Waals surface area contributed by atoms with Crippen LogP contribution in [0.25, 0.3) is 0 Å². The molecule has 0 amide bonds. The van der Waals surface area contributed by atoms with Crippen molar-refractivity contribution in [2.75, 3.05) is 13.7 Å². The van der Waals surface area contributed by atoms with Crippen LogP contribution in [-0.4, -0.2) is 18.8 Å². The summed E-state index contributed by atoms with van der Waals surface area (Å²) in [6, 6.07) is 15.7. The number of benzene rings is 2. The van der Waals surface area contributed by atoms with Crippen molar-refractivity contribution in [1.29, 1.82) is 0 Å². The molecular weight excluding hydrogens is 260 g/mol. The molecule has 1 N–H and O–H groups in total. The van der Waals surface area contributed by atoms with Crippen LogP contribution in [0.4, 0.5) is 0 Å². The Morgan fingerprint density at radius 1 is 1.00 bits per heavy atom. The minimum Gasteiger partial charge on any atom is -0.497 e. The maximum atomic E-state index is 8.78. The molecule has 0 atom stereocenters. The zero-order valence-corrected chi connectivity index (χ0v) is 12.0. The second-order valence-electron chi connectivity index (χ2n) is 4.49. The van der Waals surface area contributed by atoms with Crippen LogP contribution in [-0.2, 0) is 6.42 Å². The first kappa shape index (κ1) is 14.9. The van der Waals surface area contributed by atoms with Crippen molar-refractivity contribution in [3.05, 3.63) is 77.4 Å². The smallest absolute Gasteiger partial charge is 0.118 e. The Kier molecular flexibility index (Phi) is 5.63. The maximum Gasteiger partial charge on any atom is 0.118 e. The number of methoxy groups -OCH3 is 1. The van der Waals surface area contributed by atoms with Gasteiger partial charge in [-0.3, -0.25) is 0 Å². The summed E-state index contributed by atoms with van der Waals surface area (Å²) in [4.78, 5) is 0. The lowest BCUT2D eigenvalue weighted by atomic mass is 10.0. The molecule has 106 valence electrons. The van der Waals surface area contributed by atoms with Crippen LogP contribution in [0.2, 0.25) is 0 Å². The molecule has 2 nitrogen and oxygen atoms in total. The Balaban J connectivity index is 2.19. The van der Waals surface area contributed by atoms with Crippen molar-refractivity contribution in [3.63, 3.8) is 0 Å². The van der Waals surface area contributed by atoms with Gasteiger partial charge in [0, 0.05) is 11.1 Å². The summed E-state index contributed by atoms with van der Waals surface area (Å²) >= 11 is 0. The molecule has 0 bridgehead atoms. The SMILES string of the molecule is COc1ccc(C#Cc2ccccc2C/C=C/CO)cc1. The fourth-order valence-electron chi connectivity index (χ4n) is 1.92. The van der Waals surface area contributed by atoms with Crippen LogP contribution in [0, 0.1) is 11.8 Å². The fraction of sp³-hybridized carbons (Fsp3) is 0.158. The van der Waals surface area contributed by atoms with Gasteiger partial charge >= 0.3 is 0 Å². The quantitative estimate of drug-likeness (QED) is 0.687. The molecule has 0 aliphatic carbocycles. The monoisotopic (exact) mass is 278 g/mol. The van der Waals surface area contributed by atoms with E-state index in [1.807, 2.05) is 48.5 Å². The first-order valence-electron chi connectivity index (χ1n) is 6.83. The predicted octanol–water partition coefficient (Wildman–Crippen LogP) is 3.19. The molecule has 0 spiro atoms. The minimum atomic E-state index is 0.0691. The maximum absolute atomic E-state index is 8.78. The van der Waals surface area contributed by atoms with E-state index in [4.69, 9.17) is 9.84 Å². The second kappa shape index (κ2) is 7.94. The van der Waals surface area contributed by atoms with Gasteiger partial charge in [0.25, 0.3) is 0 Å². The molecule has 0 radical (unpaired) electrons. The Bertz CT molecular complexity index is 658. The Labute approximate surface area is 125 Å². The number of rotatable bonds is 4. The van der Waals surface area contributed by atoms with Crippen molar-refractivity contribution in [2.24, 2.45) is 0 Å². The van der Waals surface area contributed by atoms with Crippen molar-refractivity contribution >= 4 is 0 Å². The first-order valence-corrected chi connectivity index (χ1v) is 6.83. The molecule has 0 unspecified atom stereocenters. The molecule has 0 saturated carbocycles. The lowest BCUT2D eigenvalue weighted by Gasteiger charge is -2.01. The average molecular weight is 278 g/mol. The lowest BCUT2D eigenvalue weighted by Crippen LogP contribution is -1.88. The van der Waals surface area contributed by atoms with E-state index in [-0.39, 0.29) is 6.61 Å². The molecule has 21 heavy (non-hydrogen) atoms. The Hall–Kier alpha value is -2.50. The summed E-state index contributed by atoms with van der Waals surface area (Å²) in [5.74, 6) is 7.20. The fourth-order valence-corrected chi connectivity index (χ4v) is 1.92. The summed E-state index contributed by atoms with van der Waals surface area (Å²) < 4.78 is 5.13. The third kappa shape index (κ3) is 4.52. The van der Waals surface area contributed by atoms with Crippen molar-refractivity contribution in [2.45, 2.75) is 6.42 Å². The average Bonchev–Trinajstić information content (AvgIpc) is 2.54. The van der Waals surface area contributed by atoms with Gasteiger partial charge in [0.15, 0.2) is 0 Å². The van der Waals surface area contributed by atoms with E-state index in [0.29, 0.717) is 0 Å². The van der Waals surface area contributed by atoms with Gasteiger partial charge in [-0.2, -0.15) is 0 Å². The van der Waals surface area contributed by atoms with Crippen molar-refractivity contribution < 1.29 is 9.84 Å².